The van der Waals surface area contributed by atoms with Crippen LogP contribution in [-0.4, -0.2) is 73.0 Å². The molecule has 2 aromatic carbocycles. The summed E-state index contributed by atoms with van der Waals surface area (Å²) in [5.41, 5.74) is 2.29. The third-order valence-electron chi connectivity index (χ3n) is 6.31. The second kappa shape index (κ2) is 10.6. The van der Waals surface area contributed by atoms with Gasteiger partial charge in [-0.05, 0) is 30.5 Å². The lowest BCUT2D eigenvalue weighted by molar-refractivity contribution is -0.384. The fourth-order valence-corrected chi connectivity index (χ4v) is 4.48. The van der Waals surface area contributed by atoms with Gasteiger partial charge in [-0.15, -0.1) is 0 Å². The normalized spacial score (nSPS) is 17.4. The summed E-state index contributed by atoms with van der Waals surface area (Å²) in [7, 11) is 0. The molecule has 2 heterocycles. The topological polar surface area (TPSA) is 82.0 Å². The summed E-state index contributed by atoms with van der Waals surface area (Å²) in [5.74, 6) is -0.260. The van der Waals surface area contributed by atoms with Gasteiger partial charge in [-0.3, -0.25) is 24.7 Å². The molecule has 2 fully saturated rings. The quantitative estimate of drug-likeness (QED) is 0.505. The summed E-state index contributed by atoms with van der Waals surface area (Å²) in [5, 5.41) is 14.5. The molecule has 8 nitrogen and oxygen atoms in total. The number of nitro groups is 1. The Morgan fingerprint density at radius 3 is 2.31 bits per heavy atom. The maximum absolute atomic E-state index is 12.6. The maximum atomic E-state index is 12.6. The summed E-state index contributed by atoms with van der Waals surface area (Å²) in [6.45, 7) is 7.88. The van der Waals surface area contributed by atoms with E-state index in [2.05, 4.69) is 39.4 Å². The SMILES string of the molecule is O=C(NCCN1CCN(Cc2ccccc2)CC1)c1ccc(N2CCCC2)c([N+](=O)[O-])c1. The third kappa shape index (κ3) is 5.63. The molecule has 0 aromatic heterocycles. The van der Waals surface area contributed by atoms with Crippen molar-refractivity contribution in [1.82, 2.24) is 15.1 Å². The molecule has 0 bridgehead atoms. The van der Waals surface area contributed by atoms with Crippen LogP contribution >= 0.6 is 0 Å². The molecule has 2 aliphatic heterocycles. The van der Waals surface area contributed by atoms with E-state index in [1.807, 2.05) is 11.0 Å². The Kier molecular flexibility index (Phi) is 7.34. The molecular weight excluding hydrogens is 406 g/mol. The van der Waals surface area contributed by atoms with Crippen LogP contribution in [0.2, 0.25) is 0 Å². The number of nitro benzene ring substituents is 1. The van der Waals surface area contributed by atoms with Gasteiger partial charge in [0.15, 0.2) is 0 Å². The van der Waals surface area contributed by atoms with E-state index < -0.39 is 0 Å². The molecule has 1 amide bonds. The Balaban J connectivity index is 1.24. The fourth-order valence-electron chi connectivity index (χ4n) is 4.48. The molecule has 8 heteroatoms. The summed E-state index contributed by atoms with van der Waals surface area (Å²) >= 11 is 0. The van der Waals surface area contributed by atoms with Gasteiger partial charge in [0, 0.05) is 70.5 Å². The first kappa shape index (κ1) is 22.2. The van der Waals surface area contributed by atoms with E-state index in [4.69, 9.17) is 0 Å². The van der Waals surface area contributed by atoms with Gasteiger partial charge in [-0.1, -0.05) is 30.3 Å². The van der Waals surface area contributed by atoms with Gasteiger partial charge in [0.2, 0.25) is 0 Å². The van der Waals surface area contributed by atoms with E-state index in [9.17, 15) is 14.9 Å². The number of benzene rings is 2. The molecule has 0 saturated carbocycles. The van der Waals surface area contributed by atoms with Crippen molar-refractivity contribution in [3.8, 4) is 0 Å². The van der Waals surface area contributed by atoms with Crippen LogP contribution in [0.4, 0.5) is 11.4 Å². The van der Waals surface area contributed by atoms with Crippen LogP contribution in [0.3, 0.4) is 0 Å². The monoisotopic (exact) mass is 437 g/mol. The highest BCUT2D eigenvalue weighted by Gasteiger charge is 2.24. The van der Waals surface area contributed by atoms with Crippen molar-refractivity contribution in [1.29, 1.82) is 0 Å². The van der Waals surface area contributed by atoms with Crippen molar-refractivity contribution >= 4 is 17.3 Å². The number of hydrogen-bond acceptors (Lipinski definition) is 6. The molecule has 0 aliphatic carbocycles. The first-order chi connectivity index (χ1) is 15.6. The molecular formula is C24H31N5O3. The standard InChI is InChI=1S/C24H31N5O3/c30-24(21-8-9-22(23(18-21)29(31)32)28-11-4-5-12-28)25-10-13-26-14-16-27(17-15-26)19-20-6-2-1-3-7-20/h1-3,6-9,18H,4-5,10-17,19H2,(H,25,30). The van der Waals surface area contributed by atoms with Crippen molar-refractivity contribution in [3.05, 3.63) is 69.8 Å². The maximum Gasteiger partial charge on any atom is 0.293 e. The molecule has 32 heavy (non-hydrogen) atoms. The molecule has 0 spiro atoms. The molecule has 2 aromatic rings. The van der Waals surface area contributed by atoms with Crippen LogP contribution in [-0.2, 0) is 6.54 Å². The van der Waals surface area contributed by atoms with Gasteiger partial charge >= 0.3 is 0 Å². The second-order valence-corrected chi connectivity index (χ2v) is 8.51. The van der Waals surface area contributed by atoms with Gasteiger partial charge in [-0.2, -0.15) is 0 Å². The molecule has 2 aliphatic rings. The van der Waals surface area contributed by atoms with E-state index in [0.29, 0.717) is 17.8 Å². The number of nitrogens with zero attached hydrogens (tertiary/aromatic N) is 4. The van der Waals surface area contributed by atoms with Crippen molar-refractivity contribution in [2.75, 3.05) is 57.3 Å². The van der Waals surface area contributed by atoms with Crippen LogP contribution in [0.15, 0.2) is 48.5 Å². The number of piperazine rings is 1. The lowest BCUT2D eigenvalue weighted by Gasteiger charge is -2.34. The van der Waals surface area contributed by atoms with Crippen LogP contribution in [0.5, 0.6) is 0 Å². The van der Waals surface area contributed by atoms with E-state index >= 15 is 0 Å². The highest BCUT2D eigenvalue weighted by Crippen LogP contribution is 2.31. The predicted molar refractivity (Wildman–Crippen MR) is 125 cm³/mol. The minimum absolute atomic E-state index is 0.00841. The molecule has 2 saturated heterocycles. The number of hydrogen-bond donors (Lipinski definition) is 1. The van der Waals surface area contributed by atoms with Crippen molar-refractivity contribution < 1.29 is 9.72 Å². The minimum Gasteiger partial charge on any atom is -0.366 e. The molecule has 170 valence electrons. The van der Waals surface area contributed by atoms with Crippen molar-refractivity contribution in [2.45, 2.75) is 19.4 Å². The predicted octanol–water partition coefficient (Wildman–Crippen LogP) is 2.74. The average molecular weight is 438 g/mol. The van der Waals surface area contributed by atoms with Crippen molar-refractivity contribution in [2.24, 2.45) is 0 Å². The van der Waals surface area contributed by atoms with E-state index in [-0.39, 0.29) is 16.5 Å². The molecule has 4 rings (SSSR count). The number of amides is 1. The fraction of sp³-hybridized carbons (Fsp3) is 0.458. The zero-order valence-electron chi connectivity index (χ0n) is 18.4. The molecule has 0 atom stereocenters. The Morgan fingerprint density at radius 1 is 0.938 bits per heavy atom. The number of carbonyl (C=O) groups is 1. The first-order valence-electron chi connectivity index (χ1n) is 11.4. The van der Waals surface area contributed by atoms with E-state index in [1.165, 1.54) is 11.6 Å². The smallest absolute Gasteiger partial charge is 0.293 e. The summed E-state index contributed by atoms with van der Waals surface area (Å²) < 4.78 is 0. The zero-order chi connectivity index (χ0) is 22.3. The summed E-state index contributed by atoms with van der Waals surface area (Å²) in [6.07, 6.45) is 2.08. The molecule has 1 N–H and O–H groups in total. The third-order valence-corrected chi connectivity index (χ3v) is 6.31. The van der Waals surface area contributed by atoms with Crippen LogP contribution in [0, 0.1) is 10.1 Å². The Hall–Kier alpha value is -2.97. The first-order valence-corrected chi connectivity index (χ1v) is 11.4. The van der Waals surface area contributed by atoms with Crippen molar-refractivity contribution in [3.63, 3.8) is 0 Å². The van der Waals surface area contributed by atoms with Gasteiger partial charge in [0.1, 0.15) is 5.69 Å². The van der Waals surface area contributed by atoms with E-state index in [1.54, 1.807) is 12.1 Å². The Bertz CT molecular complexity index is 922. The highest BCUT2D eigenvalue weighted by molar-refractivity contribution is 5.95. The number of rotatable bonds is 8. The van der Waals surface area contributed by atoms with Gasteiger partial charge in [0.25, 0.3) is 11.6 Å². The van der Waals surface area contributed by atoms with Gasteiger partial charge < -0.3 is 10.2 Å². The number of nitrogens with one attached hydrogen (secondary N) is 1. The second-order valence-electron chi connectivity index (χ2n) is 8.51. The van der Waals surface area contributed by atoms with E-state index in [0.717, 1.165) is 65.2 Å². The van der Waals surface area contributed by atoms with Crippen LogP contribution in [0.25, 0.3) is 0 Å². The largest absolute Gasteiger partial charge is 0.366 e. The minimum atomic E-state index is -0.390. The van der Waals surface area contributed by atoms with Crippen LogP contribution < -0.4 is 10.2 Å². The number of anilines is 1. The Morgan fingerprint density at radius 2 is 1.62 bits per heavy atom. The number of carbonyl (C=O) groups excluding carboxylic acids is 1. The van der Waals surface area contributed by atoms with Gasteiger partial charge in [-0.25, -0.2) is 0 Å². The molecule has 0 radical (unpaired) electrons. The highest BCUT2D eigenvalue weighted by atomic mass is 16.6. The lowest BCUT2D eigenvalue weighted by atomic mass is 10.1. The Labute approximate surface area is 189 Å². The lowest BCUT2D eigenvalue weighted by Crippen LogP contribution is -2.48. The zero-order valence-corrected chi connectivity index (χ0v) is 18.4. The summed E-state index contributed by atoms with van der Waals surface area (Å²) in [6, 6.07) is 15.3. The van der Waals surface area contributed by atoms with Gasteiger partial charge in [0.05, 0.1) is 4.92 Å². The summed E-state index contributed by atoms with van der Waals surface area (Å²) in [4.78, 5) is 30.6. The molecule has 0 unspecified atom stereocenters. The average Bonchev–Trinajstić information content (AvgIpc) is 3.35. The van der Waals surface area contributed by atoms with Crippen LogP contribution in [0.1, 0.15) is 28.8 Å².